The van der Waals surface area contributed by atoms with Gasteiger partial charge in [0.15, 0.2) is 5.69 Å². The molecule has 0 saturated heterocycles. The molecule has 28 heavy (non-hydrogen) atoms. The summed E-state index contributed by atoms with van der Waals surface area (Å²) in [5.74, 6) is -0.302. The largest absolute Gasteiger partial charge is 0.319 e. The Morgan fingerprint density at radius 2 is 2.07 bits per heavy atom. The van der Waals surface area contributed by atoms with E-state index in [1.807, 2.05) is 13.8 Å². The van der Waals surface area contributed by atoms with Crippen molar-refractivity contribution in [1.29, 1.82) is 0 Å². The van der Waals surface area contributed by atoms with Gasteiger partial charge in [-0.2, -0.15) is 10.2 Å². The summed E-state index contributed by atoms with van der Waals surface area (Å²) in [6, 6.07) is 7.03. The van der Waals surface area contributed by atoms with Gasteiger partial charge >= 0.3 is 0 Å². The molecule has 0 saturated carbocycles. The fourth-order valence-corrected chi connectivity index (χ4v) is 3.04. The summed E-state index contributed by atoms with van der Waals surface area (Å²) in [5, 5.41) is 11.2. The Morgan fingerprint density at radius 1 is 1.32 bits per heavy atom. The standard InChI is InChI=1S/C19H20ClF2N5O/c1-11(2)9-26-10-16(17(25-26)18(21)22)24-19(28)15-8-23-27(12(15)3)14-6-4-5-13(20)7-14/h4-8,10-11,18H,9H2,1-3H3,(H,24,28). The average Bonchev–Trinajstić information content (AvgIpc) is 3.17. The van der Waals surface area contributed by atoms with E-state index in [0.717, 1.165) is 0 Å². The minimum absolute atomic E-state index is 0.00412. The number of benzene rings is 1. The summed E-state index contributed by atoms with van der Waals surface area (Å²) in [4.78, 5) is 12.7. The molecule has 1 N–H and O–H groups in total. The first-order valence-electron chi connectivity index (χ1n) is 8.73. The van der Waals surface area contributed by atoms with Crippen LogP contribution in [0.4, 0.5) is 14.5 Å². The van der Waals surface area contributed by atoms with E-state index in [-0.39, 0.29) is 17.2 Å². The van der Waals surface area contributed by atoms with Crippen molar-refractivity contribution in [2.24, 2.45) is 5.92 Å². The number of halogens is 3. The van der Waals surface area contributed by atoms with E-state index >= 15 is 0 Å². The number of carbonyl (C=O) groups is 1. The molecule has 9 heteroatoms. The third-order valence-corrected chi connectivity index (χ3v) is 4.34. The lowest BCUT2D eigenvalue weighted by Crippen LogP contribution is -2.14. The molecule has 0 atom stereocenters. The number of alkyl halides is 2. The van der Waals surface area contributed by atoms with Gasteiger partial charge in [0.05, 0.1) is 28.8 Å². The lowest BCUT2D eigenvalue weighted by molar-refractivity contribution is 0.102. The van der Waals surface area contributed by atoms with Crippen molar-refractivity contribution < 1.29 is 13.6 Å². The summed E-state index contributed by atoms with van der Waals surface area (Å²) in [7, 11) is 0. The highest BCUT2D eigenvalue weighted by atomic mass is 35.5. The van der Waals surface area contributed by atoms with E-state index in [4.69, 9.17) is 11.6 Å². The smallest absolute Gasteiger partial charge is 0.284 e. The maximum atomic E-state index is 13.3. The molecule has 0 unspecified atom stereocenters. The second-order valence-electron chi connectivity index (χ2n) is 6.83. The zero-order valence-corrected chi connectivity index (χ0v) is 16.4. The van der Waals surface area contributed by atoms with Crippen molar-refractivity contribution in [3.63, 3.8) is 0 Å². The number of rotatable bonds is 6. The van der Waals surface area contributed by atoms with Gasteiger partial charge in [-0.05, 0) is 31.0 Å². The van der Waals surface area contributed by atoms with E-state index in [0.29, 0.717) is 22.9 Å². The van der Waals surface area contributed by atoms with Crippen molar-refractivity contribution in [1.82, 2.24) is 19.6 Å². The van der Waals surface area contributed by atoms with Gasteiger partial charge in [0.25, 0.3) is 12.3 Å². The third kappa shape index (κ3) is 4.22. The minimum atomic E-state index is -2.79. The van der Waals surface area contributed by atoms with Crippen molar-refractivity contribution in [3.05, 3.63) is 58.6 Å². The minimum Gasteiger partial charge on any atom is -0.319 e. The Balaban J connectivity index is 1.87. The molecule has 2 aromatic heterocycles. The molecule has 0 radical (unpaired) electrons. The van der Waals surface area contributed by atoms with Gasteiger partial charge in [0, 0.05) is 17.8 Å². The van der Waals surface area contributed by atoms with Crippen LogP contribution >= 0.6 is 11.6 Å². The maximum Gasteiger partial charge on any atom is 0.284 e. The molecular formula is C19H20ClF2N5O. The van der Waals surface area contributed by atoms with Crippen LogP contribution in [0.3, 0.4) is 0 Å². The summed E-state index contributed by atoms with van der Waals surface area (Å²) < 4.78 is 29.6. The van der Waals surface area contributed by atoms with Crippen molar-refractivity contribution in [2.75, 3.05) is 5.32 Å². The summed E-state index contributed by atoms with van der Waals surface area (Å²) in [6.45, 7) is 6.10. The van der Waals surface area contributed by atoms with Crippen LogP contribution in [0.5, 0.6) is 0 Å². The second-order valence-corrected chi connectivity index (χ2v) is 7.27. The van der Waals surface area contributed by atoms with Gasteiger partial charge in [0.2, 0.25) is 0 Å². The Kier molecular flexibility index (Phi) is 5.79. The molecule has 3 aromatic rings. The quantitative estimate of drug-likeness (QED) is 0.633. The molecule has 0 bridgehead atoms. The number of carbonyl (C=O) groups excluding carboxylic acids is 1. The molecule has 0 aliphatic carbocycles. The molecule has 0 aliphatic rings. The predicted octanol–water partition coefficient (Wildman–Crippen LogP) is 4.88. The molecule has 0 spiro atoms. The van der Waals surface area contributed by atoms with Crippen LogP contribution in [0.15, 0.2) is 36.7 Å². The number of hydrogen-bond donors (Lipinski definition) is 1. The van der Waals surface area contributed by atoms with E-state index in [1.165, 1.54) is 17.1 Å². The Bertz CT molecular complexity index is 996. The zero-order valence-electron chi connectivity index (χ0n) is 15.7. The molecule has 6 nitrogen and oxygen atoms in total. The molecule has 0 aliphatic heterocycles. The van der Waals surface area contributed by atoms with Gasteiger partial charge in [-0.15, -0.1) is 0 Å². The SMILES string of the molecule is Cc1c(C(=O)Nc2cn(CC(C)C)nc2C(F)F)cnn1-c1cccc(Cl)c1. The Morgan fingerprint density at radius 3 is 2.71 bits per heavy atom. The number of hydrogen-bond acceptors (Lipinski definition) is 3. The number of anilines is 1. The number of nitrogens with one attached hydrogen (secondary N) is 1. The Labute approximate surface area is 166 Å². The van der Waals surface area contributed by atoms with Crippen LogP contribution in [0.25, 0.3) is 5.69 Å². The topological polar surface area (TPSA) is 64.7 Å². The van der Waals surface area contributed by atoms with Gasteiger partial charge < -0.3 is 5.32 Å². The van der Waals surface area contributed by atoms with E-state index in [2.05, 4.69) is 15.5 Å². The predicted molar refractivity (Wildman–Crippen MR) is 103 cm³/mol. The summed E-state index contributed by atoms with van der Waals surface area (Å²) >= 11 is 6.01. The lowest BCUT2D eigenvalue weighted by atomic mass is 10.2. The van der Waals surface area contributed by atoms with Crippen molar-refractivity contribution in [2.45, 2.75) is 33.7 Å². The average molecular weight is 408 g/mol. The zero-order chi connectivity index (χ0) is 20.4. The van der Waals surface area contributed by atoms with E-state index < -0.39 is 18.0 Å². The first-order valence-corrected chi connectivity index (χ1v) is 9.11. The molecule has 148 valence electrons. The van der Waals surface area contributed by atoms with Crippen LogP contribution in [-0.4, -0.2) is 25.5 Å². The van der Waals surface area contributed by atoms with Gasteiger partial charge in [0.1, 0.15) is 0 Å². The molecule has 0 fully saturated rings. The van der Waals surface area contributed by atoms with Gasteiger partial charge in [-0.25, -0.2) is 13.5 Å². The lowest BCUT2D eigenvalue weighted by Gasteiger charge is -2.07. The molecule has 1 aromatic carbocycles. The van der Waals surface area contributed by atoms with Crippen LogP contribution in [-0.2, 0) is 6.54 Å². The van der Waals surface area contributed by atoms with E-state index in [1.54, 1.807) is 35.9 Å². The van der Waals surface area contributed by atoms with Crippen LogP contribution in [0.2, 0.25) is 5.02 Å². The van der Waals surface area contributed by atoms with Crippen LogP contribution in [0.1, 0.15) is 42.0 Å². The molecule has 3 rings (SSSR count). The Hall–Kier alpha value is -2.74. The highest BCUT2D eigenvalue weighted by molar-refractivity contribution is 6.30. The van der Waals surface area contributed by atoms with Crippen molar-refractivity contribution >= 4 is 23.2 Å². The highest BCUT2D eigenvalue weighted by Gasteiger charge is 2.22. The molecular weight excluding hydrogens is 388 g/mol. The first kappa shape index (κ1) is 20.0. The monoisotopic (exact) mass is 407 g/mol. The highest BCUT2D eigenvalue weighted by Crippen LogP contribution is 2.27. The maximum absolute atomic E-state index is 13.3. The van der Waals surface area contributed by atoms with E-state index in [9.17, 15) is 13.6 Å². The summed E-state index contributed by atoms with van der Waals surface area (Å²) in [5.41, 5.74) is 1.08. The fourth-order valence-electron chi connectivity index (χ4n) is 2.85. The normalized spacial score (nSPS) is 11.4. The van der Waals surface area contributed by atoms with Crippen molar-refractivity contribution in [3.8, 4) is 5.69 Å². The first-order chi connectivity index (χ1) is 13.3. The van der Waals surface area contributed by atoms with Crippen LogP contribution < -0.4 is 5.32 Å². The summed E-state index contributed by atoms with van der Waals surface area (Å²) in [6.07, 6.45) is 0.0291. The molecule has 1 amide bonds. The third-order valence-electron chi connectivity index (χ3n) is 4.10. The van der Waals surface area contributed by atoms with Gasteiger partial charge in [-0.3, -0.25) is 9.48 Å². The van der Waals surface area contributed by atoms with Gasteiger partial charge in [-0.1, -0.05) is 31.5 Å². The second kappa shape index (κ2) is 8.10. The van der Waals surface area contributed by atoms with Crippen LogP contribution in [0, 0.1) is 12.8 Å². The number of aromatic nitrogens is 4. The molecule has 2 heterocycles. The number of nitrogens with zero attached hydrogens (tertiary/aromatic N) is 4. The fraction of sp³-hybridized carbons (Fsp3) is 0.316. The number of amides is 1.